The van der Waals surface area contributed by atoms with E-state index in [1.165, 1.54) is 103 Å². The predicted octanol–water partition coefficient (Wildman–Crippen LogP) is 8.81. The quantitative estimate of drug-likeness (QED) is 0.134. The van der Waals surface area contributed by atoms with Gasteiger partial charge < -0.3 is 4.89 Å². The van der Waals surface area contributed by atoms with Crippen molar-refractivity contribution in [2.45, 2.75) is 155 Å². The van der Waals surface area contributed by atoms with Gasteiger partial charge in [-0.15, -0.1) is 0 Å². The highest BCUT2D eigenvalue weighted by Gasteiger charge is 2.33. The minimum absolute atomic E-state index is 0.182. The summed E-state index contributed by atoms with van der Waals surface area (Å²) in [6.45, 7) is 11.2. The zero-order valence-electron chi connectivity index (χ0n) is 24.5. The second kappa shape index (κ2) is 18.4. The smallest absolute Gasteiger partial charge is 0.323 e. The normalized spacial score (nSPS) is 21.6. The zero-order chi connectivity index (χ0) is 26.2. The van der Waals surface area contributed by atoms with Crippen molar-refractivity contribution in [1.29, 1.82) is 0 Å². The number of hydrogen-bond acceptors (Lipinski definition) is 4. The topological polar surface area (TPSA) is 53.0 Å². The van der Waals surface area contributed by atoms with Gasteiger partial charge in [-0.1, -0.05) is 105 Å². The third-order valence-electron chi connectivity index (χ3n) is 8.99. The first-order valence-corrected chi connectivity index (χ1v) is 17.6. The van der Waals surface area contributed by atoms with Gasteiger partial charge in [0.15, 0.2) is 0 Å². The van der Waals surface area contributed by atoms with Crippen molar-refractivity contribution in [3.8, 4) is 0 Å². The summed E-state index contributed by atoms with van der Waals surface area (Å²) in [6.07, 6.45) is 22.4. The summed E-state index contributed by atoms with van der Waals surface area (Å²) in [5.41, 5.74) is 0. The molecule has 36 heavy (non-hydrogen) atoms. The fourth-order valence-electron chi connectivity index (χ4n) is 6.54. The highest BCUT2D eigenvalue weighted by molar-refractivity contribution is 7.52. The van der Waals surface area contributed by atoms with Crippen molar-refractivity contribution in [2.24, 2.45) is 11.8 Å². The minimum Gasteiger partial charge on any atom is -0.323 e. The molecule has 2 saturated carbocycles. The molecule has 3 unspecified atom stereocenters. The van der Waals surface area contributed by atoms with Crippen LogP contribution in [-0.2, 0) is 9.09 Å². The van der Waals surface area contributed by atoms with Gasteiger partial charge in [-0.25, -0.2) is 0 Å². The average Bonchev–Trinajstić information content (AvgIpc) is 2.89. The van der Waals surface area contributed by atoms with Gasteiger partial charge in [0.25, 0.3) is 0 Å². The van der Waals surface area contributed by atoms with Crippen LogP contribution in [-0.4, -0.2) is 52.9 Å². The van der Waals surface area contributed by atoms with Gasteiger partial charge in [-0.2, -0.15) is 0 Å². The Balaban J connectivity index is 2.05. The van der Waals surface area contributed by atoms with Crippen LogP contribution >= 0.6 is 7.60 Å². The lowest BCUT2D eigenvalue weighted by Crippen LogP contribution is -2.46. The molecule has 2 aliphatic carbocycles. The van der Waals surface area contributed by atoms with E-state index >= 15 is 0 Å². The third kappa shape index (κ3) is 12.3. The second-order valence-corrected chi connectivity index (χ2v) is 13.8. The molecule has 0 radical (unpaired) electrons. The molecular weight excluding hydrogens is 467 g/mol. The molecule has 3 atom stereocenters. The molecule has 0 aromatic heterocycles. The summed E-state index contributed by atoms with van der Waals surface area (Å²) >= 11 is 0. The van der Waals surface area contributed by atoms with Gasteiger partial charge in [0, 0.05) is 25.2 Å². The Kier molecular flexibility index (Phi) is 16.5. The largest absolute Gasteiger partial charge is 0.343 e. The van der Waals surface area contributed by atoms with Crippen LogP contribution in [0.4, 0.5) is 0 Å². The number of rotatable bonds is 19. The van der Waals surface area contributed by atoms with Crippen LogP contribution in [0.2, 0.25) is 0 Å². The highest BCUT2D eigenvalue weighted by Crippen LogP contribution is 2.44. The molecule has 0 aromatic rings. The fourth-order valence-corrected chi connectivity index (χ4v) is 7.67. The van der Waals surface area contributed by atoms with E-state index in [2.05, 4.69) is 37.5 Å². The summed E-state index contributed by atoms with van der Waals surface area (Å²) in [5, 5.41) is 0. The van der Waals surface area contributed by atoms with Gasteiger partial charge in [0.1, 0.15) is 13.0 Å². The zero-order valence-corrected chi connectivity index (χ0v) is 25.4. The van der Waals surface area contributed by atoms with Crippen molar-refractivity contribution in [3.05, 3.63) is 0 Å². The Morgan fingerprint density at radius 3 is 1.61 bits per heavy atom. The number of hydrogen-bond donors (Lipinski definition) is 1. The van der Waals surface area contributed by atoms with Crippen molar-refractivity contribution < 1.29 is 14.0 Å². The lowest BCUT2D eigenvalue weighted by molar-refractivity contribution is 0.00805. The molecule has 5 nitrogen and oxygen atoms in total. The molecule has 2 fully saturated rings. The molecule has 0 aliphatic heterocycles. The van der Waals surface area contributed by atoms with Crippen LogP contribution in [0.1, 0.15) is 143 Å². The summed E-state index contributed by atoms with van der Waals surface area (Å²) in [5.74, 6) is 1.18. The standard InChI is InChI=1S/C30H61N2O3P/c1-5-9-17-27(7-3)23-31(24-28(8-4)18-10-6-2)26-36(33,34)35-25-32(29-19-13-11-14-20-29)30-21-15-12-16-22-30/h27-30H,5-26H2,1-4H3,(H,33,34). The monoisotopic (exact) mass is 528 g/mol. The molecule has 0 saturated heterocycles. The van der Waals surface area contributed by atoms with Gasteiger partial charge in [-0.05, 0) is 50.4 Å². The Labute approximate surface area is 224 Å². The van der Waals surface area contributed by atoms with Crippen molar-refractivity contribution >= 4 is 7.60 Å². The minimum atomic E-state index is -3.71. The summed E-state index contributed by atoms with van der Waals surface area (Å²) in [4.78, 5) is 15.9. The van der Waals surface area contributed by atoms with Gasteiger partial charge in [0.05, 0.1) is 0 Å². The second-order valence-electron chi connectivity index (χ2n) is 12.0. The van der Waals surface area contributed by atoms with E-state index in [9.17, 15) is 9.46 Å². The molecule has 0 aromatic carbocycles. The van der Waals surface area contributed by atoms with Crippen LogP contribution in [0.25, 0.3) is 0 Å². The van der Waals surface area contributed by atoms with Crippen molar-refractivity contribution in [2.75, 3.05) is 26.1 Å². The van der Waals surface area contributed by atoms with Gasteiger partial charge in [-0.3, -0.25) is 18.9 Å². The molecule has 1 N–H and O–H groups in total. The first-order valence-electron chi connectivity index (χ1n) is 15.9. The SMILES string of the molecule is CCCCC(CC)CN(CC(CC)CCCC)CP(=O)(O)OCN(C1CCCCC1)C1CCCCC1. The third-order valence-corrected chi connectivity index (χ3v) is 10.3. The fraction of sp³-hybridized carbons (Fsp3) is 1.00. The first kappa shape index (κ1) is 32.3. The average molecular weight is 529 g/mol. The maximum Gasteiger partial charge on any atom is 0.343 e. The molecule has 0 heterocycles. The maximum absolute atomic E-state index is 13.5. The molecule has 2 rings (SSSR count). The van der Waals surface area contributed by atoms with Crippen LogP contribution in [0.15, 0.2) is 0 Å². The van der Waals surface area contributed by atoms with E-state index in [1.54, 1.807) is 0 Å². The Morgan fingerprint density at radius 2 is 1.22 bits per heavy atom. The Morgan fingerprint density at radius 1 is 0.778 bits per heavy atom. The highest BCUT2D eigenvalue weighted by atomic mass is 31.2. The molecule has 214 valence electrons. The van der Waals surface area contributed by atoms with E-state index in [4.69, 9.17) is 4.52 Å². The van der Waals surface area contributed by atoms with Crippen molar-refractivity contribution in [3.63, 3.8) is 0 Å². The summed E-state index contributed by atoms with van der Waals surface area (Å²) in [6, 6.07) is 1.05. The molecule has 2 aliphatic rings. The number of unbranched alkanes of at least 4 members (excludes halogenated alkanes) is 2. The molecule has 0 amide bonds. The molecular formula is C30H61N2O3P. The van der Waals surface area contributed by atoms with E-state index in [1.807, 2.05) is 0 Å². The van der Waals surface area contributed by atoms with Crippen LogP contribution in [0.3, 0.4) is 0 Å². The molecule has 0 spiro atoms. The lowest BCUT2D eigenvalue weighted by atomic mass is 9.89. The van der Waals surface area contributed by atoms with Crippen molar-refractivity contribution in [1.82, 2.24) is 9.80 Å². The van der Waals surface area contributed by atoms with Crippen LogP contribution < -0.4 is 0 Å². The maximum atomic E-state index is 13.5. The molecule has 0 bridgehead atoms. The first-order chi connectivity index (χ1) is 17.4. The predicted molar refractivity (Wildman–Crippen MR) is 154 cm³/mol. The lowest BCUT2D eigenvalue weighted by Gasteiger charge is -2.41. The summed E-state index contributed by atoms with van der Waals surface area (Å²) < 4.78 is 19.5. The number of nitrogens with zero attached hydrogens (tertiary/aromatic N) is 2. The van der Waals surface area contributed by atoms with E-state index < -0.39 is 7.60 Å². The van der Waals surface area contributed by atoms with E-state index in [0.717, 1.165) is 25.9 Å². The van der Waals surface area contributed by atoms with Crippen LogP contribution in [0, 0.1) is 11.8 Å². The van der Waals surface area contributed by atoms with E-state index in [0.29, 0.717) is 30.7 Å². The van der Waals surface area contributed by atoms with Crippen LogP contribution in [0.5, 0.6) is 0 Å². The Hall–Kier alpha value is 0.0700. The Bertz CT molecular complexity index is 557. The molecule has 6 heteroatoms. The van der Waals surface area contributed by atoms with Gasteiger partial charge >= 0.3 is 7.60 Å². The summed E-state index contributed by atoms with van der Waals surface area (Å²) in [7, 11) is -3.71. The van der Waals surface area contributed by atoms with Gasteiger partial charge in [0.2, 0.25) is 0 Å². The van der Waals surface area contributed by atoms with E-state index in [-0.39, 0.29) is 6.29 Å².